The van der Waals surface area contributed by atoms with Crippen LogP contribution >= 0.6 is 0 Å². The fourth-order valence-corrected chi connectivity index (χ4v) is 4.05. The molecule has 3 unspecified atom stereocenters. The van der Waals surface area contributed by atoms with Gasteiger partial charge in [0.05, 0.1) is 6.10 Å². The van der Waals surface area contributed by atoms with Gasteiger partial charge in [-0.05, 0) is 55.4 Å². The van der Waals surface area contributed by atoms with E-state index in [1.165, 1.54) is 22.3 Å². The van der Waals surface area contributed by atoms with Crippen LogP contribution in [0.5, 0.6) is 0 Å². The number of furan rings is 1. The third-order valence-electron chi connectivity index (χ3n) is 5.61. The molecule has 0 radical (unpaired) electrons. The monoisotopic (exact) mass is 323 g/mol. The second-order valence-electron chi connectivity index (χ2n) is 7.25. The highest BCUT2D eigenvalue weighted by molar-refractivity contribution is 5.76. The van der Waals surface area contributed by atoms with Gasteiger partial charge in [-0.2, -0.15) is 0 Å². The quantitative estimate of drug-likeness (QED) is 0.841. The van der Waals surface area contributed by atoms with Crippen molar-refractivity contribution in [1.82, 2.24) is 0 Å². The highest BCUT2D eigenvalue weighted by Gasteiger charge is 2.29. The lowest BCUT2D eigenvalue weighted by Crippen LogP contribution is -2.13. The number of allylic oxidation sites excluding steroid dienone is 6. The number of hydrogen-bond acceptors (Lipinski definition) is 3. The lowest BCUT2D eigenvalue weighted by Gasteiger charge is -2.22. The van der Waals surface area contributed by atoms with Crippen LogP contribution in [0.1, 0.15) is 62.7 Å². The maximum Gasteiger partial charge on any atom is 0.134 e. The van der Waals surface area contributed by atoms with Gasteiger partial charge in [-0.1, -0.05) is 31.2 Å². The highest BCUT2D eigenvalue weighted by Crippen LogP contribution is 2.43. The molecule has 3 heteroatoms. The Labute approximate surface area is 143 Å². The topological polar surface area (TPSA) is 59.4 Å². The summed E-state index contributed by atoms with van der Waals surface area (Å²) in [6, 6.07) is 2.17. The molecule has 0 amide bonds. The second-order valence-corrected chi connectivity index (χ2v) is 7.25. The van der Waals surface area contributed by atoms with E-state index in [4.69, 9.17) is 10.2 Å². The van der Waals surface area contributed by atoms with Gasteiger partial charge in [-0.3, -0.25) is 0 Å². The summed E-state index contributed by atoms with van der Waals surface area (Å²) in [5, 5.41) is 9.70. The molecule has 126 valence electrons. The molecule has 1 aromatic heterocycles. The molecule has 3 N–H and O–H groups in total. The summed E-state index contributed by atoms with van der Waals surface area (Å²) in [6.45, 7) is 4.33. The van der Waals surface area contributed by atoms with Crippen LogP contribution in [0.25, 0.3) is 11.1 Å². The van der Waals surface area contributed by atoms with Gasteiger partial charge in [0.1, 0.15) is 11.5 Å². The normalized spacial score (nSPS) is 29.6. The van der Waals surface area contributed by atoms with Gasteiger partial charge >= 0.3 is 0 Å². The molecule has 4 rings (SSSR count). The molecule has 0 bridgehead atoms. The molecular formula is C21H25NO2. The second kappa shape index (κ2) is 5.91. The Morgan fingerprint density at radius 2 is 1.96 bits per heavy atom. The SMILES string of the molecule is CC1=CCC(N)c2cc(C3=CC=C(C4=CCC(O)CC4)C3C)oc21. The third-order valence-corrected chi connectivity index (χ3v) is 5.61. The molecule has 3 aliphatic carbocycles. The summed E-state index contributed by atoms with van der Waals surface area (Å²) in [7, 11) is 0. The molecule has 1 heterocycles. The fraction of sp³-hybridized carbons (Fsp3) is 0.429. The van der Waals surface area contributed by atoms with Crippen LogP contribution < -0.4 is 5.73 Å². The van der Waals surface area contributed by atoms with Crippen molar-refractivity contribution >= 4 is 11.1 Å². The van der Waals surface area contributed by atoms with Gasteiger partial charge in [0.15, 0.2) is 0 Å². The summed E-state index contributed by atoms with van der Waals surface area (Å²) in [4.78, 5) is 0. The van der Waals surface area contributed by atoms with E-state index in [1.54, 1.807) is 0 Å². The van der Waals surface area contributed by atoms with Crippen LogP contribution in [0.4, 0.5) is 0 Å². The first-order chi connectivity index (χ1) is 11.5. The molecule has 3 aliphatic rings. The molecule has 0 aliphatic heterocycles. The summed E-state index contributed by atoms with van der Waals surface area (Å²) < 4.78 is 6.19. The lowest BCUT2D eigenvalue weighted by atomic mass is 9.85. The maximum absolute atomic E-state index is 9.70. The summed E-state index contributed by atoms with van der Waals surface area (Å²) in [6.07, 6.45) is 12.0. The molecule has 1 aromatic rings. The Hall–Kier alpha value is -1.84. The predicted octanol–water partition coefficient (Wildman–Crippen LogP) is 4.52. The predicted molar refractivity (Wildman–Crippen MR) is 97.1 cm³/mol. The Morgan fingerprint density at radius 1 is 1.17 bits per heavy atom. The molecular weight excluding hydrogens is 298 g/mol. The van der Waals surface area contributed by atoms with Crippen molar-refractivity contribution in [3.8, 4) is 0 Å². The van der Waals surface area contributed by atoms with Gasteiger partial charge in [0.25, 0.3) is 0 Å². The zero-order valence-electron chi connectivity index (χ0n) is 14.4. The molecule has 0 spiro atoms. The zero-order valence-corrected chi connectivity index (χ0v) is 14.4. The molecule has 0 saturated carbocycles. The number of hydrogen-bond donors (Lipinski definition) is 2. The van der Waals surface area contributed by atoms with Crippen molar-refractivity contribution in [3.63, 3.8) is 0 Å². The number of aliphatic hydroxyl groups excluding tert-OH is 1. The zero-order chi connectivity index (χ0) is 16.8. The number of nitrogens with two attached hydrogens (primary N) is 1. The molecule has 0 saturated heterocycles. The van der Waals surface area contributed by atoms with Crippen molar-refractivity contribution in [1.29, 1.82) is 0 Å². The van der Waals surface area contributed by atoms with E-state index in [0.717, 1.165) is 42.8 Å². The van der Waals surface area contributed by atoms with E-state index >= 15 is 0 Å². The van der Waals surface area contributed by atoms with Gasteiger partial charge in [-0.15, -0.1) is 0 Å². The van der Waals surface area contributed by atoms with Crippen LogP contribution in [0.2, 0.25) is 0 Å². The average Bonchev–Trinajstić information content (AvgIpc) is 3.17. The van der Waals surface area contributed by atoms with Crippen molar-refractivity contribution in [2.24, 2.45) is 11.7 Å². The minimum atomic E-state index is -0.175. The van der Waals surface area contributed by atoms with E-state index < -0.39 is 0 Å². The summed E-state index contributed by atoms with van der Waals surface area (Å²) >= 11 is 0. The Morgan fingerprint density at radius 3 is 2.67 bits per heavy atom. The number of fused-ring (bicyclic) bond motifs is 1. The largest absolute Gasteiger partial charge is 0.456 e. The molecule has 0 aromatic carbocycles. The van der Waals surface area contributed by atoms with E-state index in [1.807, 2.05) is 0 Å². The number of rotatable bonds is 2. The van der Waals surface area contributed by atoms with Crippen molar-refractivity contribution in [2.45, 2.75) is 51.7 Å². The van der Waals surface area contributed by atoms with Crippen LogP contribution in [0, 0.1) is 5.92 Å². The maximum atomic E-state index is 9.70. The number of aliphatic hydroxyl groups is 1. The Balaban J connectivity index is 1.60. The minimum Gasteiger partial charge on any atom is -0.456 e. The van der Waals surface area contributed by atoms with Gasteiger partial charge in [0, 0.05) is 23.1 Å². The third kappa shape index (κ3) is 2.52. The minimum absolute atomic E-state index is 0.0356. The summed E-state index contributed by atoms with van der Waals surface area (Å²) in [5.74, 6) is 2.21. The van der Waals surface area contributed by atoms with Crippen molar-refractivity contribution < 1.29 is 9.52 Å². The van der Waals surface area contributed by atoms with Gasteiger partial charge < -0.3 is 15.3 Å². The first-order valence-corrected chi connectivity index (χ1v) is 8.90. The average molecular weight is 323 g/mol. The van der Waals surface area contributed by atoms with Gasteiger partial charge in [0.2, 0.25) is 0 Å². The molecule has 0 fully saturated rings. The molecule has 3 nitrogen and oxygen atoms in total. The summed E-state index contributed by atoms with van der Waals surface area (Å²) in [5.41, 5.74) is 12.5. The van der Waals surface area contributed by atoms with Crippen molar-refractivity contribution in [2.75, 3.05) is 0 Å². The Kier molecular flexibility index (Phi) is 3.86. The highest BCUT2D eigenvalue weighted by atomic mass is 16.3. The van der Waals surface area contributed by atoms with Crippen LogP contribution in [-0.2, 0) is 0 Å². The van der Waals surface area contributed by atoms with E-state index in [9.17, 15) is 5.11 Å². The molecule has 3 atom stereocenters. The van der Waals surface area contributed by atoms with E-state index in [0.29, 0.717) is 5.92 Å². The first-order valence-electron chi connectivity index (χ1n) is 8.90. The Bertz CT molecular complexity index is 791. The smallest absolute Gasteiger partial charge is 0.134 e. The lowest BCUT2D eigenvalue weighted by molar-refractivity contribution is 0.163. The van der Waals surface area contributed by atoms with Crippen molar-refractivity contribution in [3.05, 3.63) is 58.6 Å². The first kappa shape index (κ1) is 15.7. The van der Waals surface area contributed by atoms with E-state index in [2.05, 4.69) is 44.2 Å². The standard InChI is InChI=1S/C21H25NO2/c1-12-3-10-19(22)18-11-20(24-21(12)18)17-9-8-16(13(17)2)14-4-6-15(23)7-5-14/h3-4,8-9,11,13,15,19,23H,5-7,10,22H2,1-2H3. The van der Waals surface area contributed by atoms with E-state index in [-0.39, 0.29) is 12.1 Å². The van der Waals surface area contributed by atoms with Crippen LogP contribution in [0.3, 0.4) is 0 Å². The fourth-order valence-electron chi connectivity index (χ4n) is 4.05. The van der Waals surface area contributed by atoms with Crippen LogP contribution in [-0.4, -0.2) is 11.2 Å². The molecule has 24 heavy (non-hydrogen) atoms. The van der Waals surface area contributed by atoms with Crippen LogP contribution in [0.15, 0.2) is 45.9 Å². The van der Waals surface area contributed by atoms with Gasteiger partial charge in [-0.25, -0.2) is 0 Å².